The quantitative estimate of drug-likeness (QED) is 0.0635. The molecule has 0 atom stereocenters. The van der Waals surface area contributed by atoms with Crippen molar-refractivity contribution in [2.75, 3.05) is 10.9 Å². The van der Waals surface area contributed by atoms with Crippen LogP contribution >= 0.6 is 0 Å². The number of aromatic nitrogens is 1. The Balaban J connectivity index is 0.939. The number of Topliss-reactive ketones (excluding diaryl/α,β-unsaturated/α-hetero) is 2. The molecule has 0 saturated heterocycles. The van der Waals surface area contributed by atoms with Gasteiger partial charge in [0.2, 0.25) is 29.3 Å². The molecule has 1 aromatic heterocycles. The number of aliphatic hydroxyl groups is 2. The summed E-state index contributed by atoms with van der Waals surface area (Å²) in [6.07, 6.45) is 3.23. The van der Waals surface area contributed by atoms with E-state index in [1.807, 2.05) is 73.7 Å². The molecule has 0 unspecified atom stereocenters. The first kappa shape index (κ1) is 37.1. The van der Waals surface area contributed by atoms with E-state index in [9.17, 15) is 19.8 Å². The number of carbonyl (C=O) groups is 2. The summed E-state index contributed by atoms with van der Waals surface area (Å²) in [6, 6.07) is 43.3. The van der Waals surface area contributed by atoms with Gasteiger partial charge in [0.05, 0.1) is 33.9 Å². The van der Waals surface area contributed by atoms with Crippen molar-refractivity contribution in [3.05, 3.63) is 185 Å². The Labute approximate surface area is 343 Å². The minimum absolute atomic E-state index is 0.0289. The molecule has 60 heavy (non-hydrogen) atoms. The number of nitrogens with one attached hydrogen (secondary N) is 2. The highest BCUT2D eigenvalue weighted by molar-refractivity contribution is 6.59. The Hall–Kier alpha value is -8.51. The fourth-order valence-corrected chi connectivity index (χ4v) is 6.82. The summed E-state index contributed by atoms with van der Waals surface area (Å²) in [5.41, 5.74) is 13.9. The van der Waals surface area contributed by atoms with Gasteiger partial charge in [0.25, 0.3) is 0 Å². The van der Waals surface area contributed by atoms with E-state index in [0.29, 0.717) is 62.0 Å². The maximum absolute atomic E-state index is 13.7. The normalized spacial score (nSPS) is 15.4. The summed E-state index contributed by atoms with van der Waals surface area (Å²) in [5.74, 6) is -1.37. The van der Waals surface area contributed by atoms with Gasteiger partial charge in [-0.15, -0.1) is 0 Å². The van der Waals surface area contributed by atoms with E-state index >= 15 is 0 Å². The van der Waals surface area contributed by atoms with Crippen molar-refractivity contribution in [3.8, 4) is 11.5 Å². The van der Waals surface area contributed by atoms with Gasteiger partial charge in [-0.1, -0.05) is 84.9 Å². The average Bonchev–Trinajstić information content (AvgIpc) is 3.70. The molecule has 7 aromatic rings. The number of aliphatic hydroxyl groups excluding tert-OH is 2. The number of nitrogens with zero attached hydrogens (tertiary/aromatic N) is 5. The molecule has 0 bridgehead atoms. The summed E-state index contributed by atoms with van der Waals surface area (Å²) in [4.78, 5) is 40.6. The predicted octanol–water partition coefficient (Wildman–Crippen LogP) is 9.94. The highest BCUT2D eigenvalue weighted by atomic mass is 16.3. The lowest BCUT2D eigenvalue weighted by atomic mass is 9.89. The number of para-hydroxylation sites is 2. The number of benzene rings is 6. The molecule has 2 aliphatic carbocycles. The van der Waals surface area contributed by atoms with Crippen molar-refractivity contribution < 1.29 is 24.2 Å². The first-order valence-corrected chi connectivity index (χ1v) is 18.9. The summed E-state index contributed by atoms with van der Waals surface area (Å²) >= 11 is 0. The zero-order valence-electron chi connectivity index (χ0n) is 31.9. The average molecular weight is 788 g/mol. The van der Waals surface area contributed by atoms with Crippen molar-refractivity contribution >= 4 is 80.8 Å². The minimum Gasteiger partial charge on any atom is -0.493 e. The predicted molar refractivity (Wildman–Crippen MR) is 236 cm³/mol. The summed E-state index contributed by atoms with van der Waals surface area (Å²) in [6.45, 7) is 1.90. The summed E-state index contributed by atoms with van der Waals surface area (Å²) in [7, 11) is 0. The molecule has 12 nitrogen and oxygen atoms in total. The number of rotatable bonds is 9. The lowest BCUT2D eigenvalue weighted by Crippen LogP contribution is -2.27. The van der Waals surface area contributed by atoms with Gasteiger partial charge < -0.3 is 14.6 Å². The third kappa shape index (κ3) is 7.39. The number of carbonyl (C=O) groups excluding carboxylic acids is 2. The van der Waals surface area contributed by atoms with E-state index in [1.165, 1.54) is 0 Å². The smallest absolute Gasteiger partial charge is 0.227 e. The maximum atomic E-state index is 13.7. The molecule has 12 heteroatoms. The van der Waals surface area contributed by atoms with Crippen LogP contribution < -0.4 is 10.9 Å². The fourth-order valence-electron chi connectivity index (χ4n) is 6.82. The zero-order valence-corrected chi connectivity index (χ0v) is 31.9. The number of aliphatic imine (C=N–C) groups is 2. The number of ketones is 2. The van der Waals surface area contributed by atoms with Crippen LogP contribution in [-0.2, 0) is 9.59 Å². The van der Waals surface area contributed by atoms with Crippen LogP contribution in [0.4, 0.5) is 22.7 Å². The second-order valence-corrected chi connectivity index (χ2v) is 13.9. The third-order valence-electron chi connectivity index (χ3n) is 9.86. The van der Waals surface area contributed by atoms with Gasteiger partial charge in [-0.05, 0) is 90.4 Å². The molecule has 0 spiro atoms. The molecule has 0 aliphatic heterocycles. The number of hydrogen-bond acceptors (Lipinski definition) is 10. The van der Waals surface area contributed by atoms with Crippen molar-refractivity contribution in [1.82, 2.24) is 4.98 Å². The first-order chi connectivity index (χ1) is 29.3. The summed E-state index contributed by atoms with van der Waals surface area (Å²) in [5, 5.41) is 30.8. The molecule has 1 heterocycles. The van der Waals surface area contributed by atoms with Crippen molar-refractivity contribution in [2.24, 2.45) is 20.2 Å². The van der Waals surface area contributed by atoms with Crippen LogP contribution in [0.25, 0.3) is 34.7 Å². The highest BCUT2D eigenvalue weighted by Gasteiger charge is 2.30. The lowest BCUT2D eigenvalue weighted by molar-refractivity contribution is -0.110. The number of aryl methyl sites for hydroxylation is 1. The number of fused-ring (bicyclic) bond motifs is 3. The molecule has 2 aliphatic rings. The Bertz CT molecular complexity index is 3050. The van der Waals surface area contributed by atoms with Crippen LogP contribution in [0.1, 0.15) is 27.8 Å². The first-order valence-electron chi connectivity index (χ1n) is 18.9. The van der Waals surface area contributed by atoms with Crippen LogP contribution in [0.15, 0.2) is 181 Å². The fraction of sp³-hybridized carbons (Fsp3) is 0.0208. The summed E-state index contributed by atoms with van der Waals surface area (Å²) < 4.78 is 6.19. The molecule has 0 amide bonds. The van der Waals surface area contributed by atoms with E-state index < -0.39 is 23.4 Å². The van der Waals surface area contributed by atoms with Crippen LogP contribution in [0, 0.1) is 6.92 Å². The molecular weight excluding hydrogens is 755 g/mol. The van der Waals surface area contributed by atoms with Gasteiger partial charge >= 0.3 is 0 Å². The van der Waals surface area contributed by atoms with Gasteiger partial charge in [0.1, 0.15) is 16.9 Å². The van der Waals surface area contributed by atoms with Gasteiger partial charge in [0.15, 0.2) is 5.58 Å². The van der Waals surface area contributed by atoms with Gasteiger partial charge in [-0.2, -0.15) is 10.2 Å². The molecule has 0 saturated carbocycles. The number of hydrazone groups is 2. The van der Waals surface area contributed by atoms with E-state index in [0.717, 1.165) is 11.1 Å². The van der Waals surface area contributed by atoms with Crippen LogP contribution in [0.2, 0.25) is 0 Å². The van der Waals surface area contributed by atoms with Crippen molar-refractivity contribution in [3.63, 3.8) is 0 Å². The van der Waals surface area contributed by atoms with Crippen LogP contribution in [0.5, 0.6) is 0 Å². The van der Waals surface area contributed by atoms with E-state index in [1.54, 1.807) is 91.0 Å². The molecule has 0 fully saturated rings. The van der Waals surface area contributed by atoms with Crippen molar-refractivity contribution in [1.29, 1.82) is 0 Å². The molecular formula is C48H33N7O5. The third-order valence-corrected chi connectivity index (χ3v) is 9.86. The van der Waals surface area contributed by atoms with Crippen molar-refractivity contribution in [2.45, 2.75) is 6.92 Å². The number of oxazole rings is 1. The van der Waals surface area contributed by atoms with E-state index in [-0.39, 0.29) is 22.6 Å². The minimum atomic E-state index is -0.481. The van der Waals surface area contributed by atoms with Gasteiger partial charge in [-0.3, -0.25) is 20.4 Å². The largest absolute Gasteiger partial charge is 0.493 e. The number of hydrogen-bond donors (Lipinski definition) is 4. The molecule has 4 N–H and O–H groups in total. The van der Waals surface area contributed by atoms with Crippen LogP contribution in [-0.4, -0.2) is 50.0 Å². The Morgan fingerprint density at radius 3 is 1.70 bits per heavy atom. The second-order valence-electron chi connectivity index (χ2n) is 13.9. The molecule has 0 radical (unpaired) electrons. The lowest BCUT2D eigenvalue weighted by Gasteiger charge is -2.17. The maximum Gasteiger partial charge on any atom is 0.227 e. The topological polar surface area (TPSA) is 174 Å². The zero-order chi connectivity index (χ0) is 41.2. The van der Waals surface area contributed by atoms with E-state index in [4.69, 9.17) is 9.40 Å². The standard InChI is InChI=1S/C48H33N7O5/c1-28-24-31(20-22-39(28)53-55-43-36-19-11-9-13-30(36)26-38(45(43)57)47(59)50-33-16-6-3-7-17-33)48-51-40-23-21-34(27-41(40)60-48)52-54-42-35-18-10-8-12-29(35)25-37(44(42)56)46(58)49-32-14-4-2-5-15-32/h2-27,52-53H,1H3,(H,49,58)(H,50,59)/b54-42-,55-43-. The Kier molecular flexibility index (Phi) is 9.76. The van der Waals surface area contributed by atoms with Gasteiger partial charge in [0, 0.05) is 22.8 Å². The molecule has 9 rings (SSSR count). The van der Waals surface area contributed by atoms with Gasteiger partial charge in [-0.25, -0.2) is 15.0 Å². The van der Waals surface area contributed by atoms with Crippen LogP contribution in [0.3, 0.4) is 0 Å². The monoisotopic (exact) mass is 787 g/mol. The van der Waals surface area contributed by atoms with E-state index in [2.05, 4.69) is 31.0 Å². The SMILES string of the molecule is Cc1cc(-c2nc3ccc(N/N=C4\C(=O)C(C(O)=Nc5ccccc5)=Cc5ccccc54)cc3o2)ccc1N/N=C1\C(=O)C(C(O)=Nc2ccccc2)=Cc2ccccc21. The highest BCUT2D eigenvalue weighted by Crippen LogP contribution is 2.31. The second kappa shape index (κ2) is 15.8. The molecule has 6 aromatic carbocycles. The number of anilines is 2. The Morgan fingerprint density at radius 2 is 1.13 bits per heavy atom. The molecule has 290 valence electrons. The Morgan fingerprint density at radius 1 is 0.600 bits per heavy atom.